The first-order chi connectivity index (χ1) is 8.26. The van der Waals surface area contributed by atoms with Gasteiger partial charge < -0.3 is 10.6 Å². The number of rotatable bonds is 2. The highest BCUT2D eigenvalue weighted by Crippen LogP contribution is 2.48. The molecule has 0 radical (unpaired) electrons. The topological polar surface area (TPSA) is 24.1 Å². The van der Waals surface area contributed by atoms with Crippen LogP contribution < -0.4 is 10.6 Å². The van der Waals surface area contributed by atoms with Crippen LogP contribution in [0.5, 0.6) is 0 Å². The smallest absolute Gasteiger partial charge is 0.125 e. The van der Waals surface area contributed by atoms with E-state index in [1.807, 2.05) is 6.07 Å². The minimum atomic E-state index is -0.161. The first-order valence-electron chi connectivity index (χ1n) is 6.49. The van der Waals surface area contributed by atoms with Gasteiger partial charge in [-0.25, -0.2) is 4.39 Å². The van der Waals surface area contributed by atoms with Crippen LogP contribution in [0.1, 0.15) is 25.7 Å². The van der Waals surface area contributed by atoms with Crippen molar-refractivity contribution in [3.8, 4) is 0 Å². The molecule has 0 aromatic heterocycles. The molecule has 0 bridgehead atoms. The van der Waals surface area contributed by atoms with Gasteiger partial charge in [0.25, 0.3) is 0 Å². The molecular formula is C14H19FN2. The average Bonchev–Trinajstić information content (AvgIpc) is 2.28. The predicted molar refractivity (Wildman–Crippen MR) is 67.6 cm³/mol. The number of hydrogen-bond acceptors (Lipinski definition) is 2. The van der Waals surface area contributed by atoms with Crippen LogP contribution in [-0.2, 0) is 0 Å². The van der Waals surface area contributed by atoms with E-state index in [9.17, 15) is 4.39 Å². The number of halogens is 1. The first kappa shape index (κ1) is 11.0. The third-order valence-corrected chi connectivity index (χ3v) is 4.22. The Labute approximate surface area is 102 Å². The van der Waals surface area contributed by atoms with E-state index in [0.717, 1.165) is 18.8 Å². The molecule has 0 atom stereocenters. The summed E-state index contributed by atoms with van der Waals surface area (Å²) in [5, 5.41) is 6.84. The second kappa shape index (κ2) is 4.30. The van der Waals surface area contributed by atoms with E-state index in [-0.39, 0.29) is 5.82 Å². The van der Waals surface area contributed by atoms with E-state index in [0.29, 0.717) is 11.5 Å². The van der Waals surface area contributed by atoms with Crippen LogP contribution in [-0.4, -0.2) is 19.1 Å². The quantitative estimate of drug-likeness (QED) is 0.822. The molecule has 1 saturated heterocycles. The highest BCUT2D eigenvalue weighted by Gasteiger charge is 2.44. The van der Waals surface area contributed by atoms with Crippen LogP contribution in [0.25, 0.3) is 0 Å². The SMILES string of the molecule is Fc1cccc(NC2CC3(CCNCC3)C2)c1. The van der Waals surface area contributed by atoms with E-state index in [1.165, 1.54) is 31.7 Å². The second-order valence-electron chi connectivity index (χ2n) is 5.51. The van der Waals surface area contributed by atoms with Gasteiger partial charge >= 0.3 is 0 Å². The molecule has 2 fully saturated rings. The van der Waals surface area contributed by atoms with Crippen LogP contribution in [0.2, 0.25) is 0 Å². The Kier molecular flexibility index (Phi) is 2.79. The first-order valence-corrected chi connectivity index (χ1v) is 6.49. The summed E-state index contributed by atoms with van der Waals surface area (Å²) in [5.41, 5.74) is 1.50. The maximum atomic E-state index is 13.0. The molecule has 1 heterocycles. The van der Waals surface area contributed by atoms with Gasteiger partial charge in [0.05, 0.1) is 0 Å². The Morgan fingerprint density at radius 2 is 2.00 bits per heavy atom. The fraction of sp³-hybridized carbons (Fsp3) is 0.571. The van der Waals surface area contributed by atoms with Crippen LogP contribution in [0.15, 0.2) is 24.3 Å². The number of benzene rings is 1. The zero-order valence-corrected chi connectivity index (χ0v) is 10.0. The summed E-state index contributed by atoms with van der Waals surface area (Å²) in [6.45, 7) is 2.32. The predicted octanol–water partition coefficient (Wildman–Crippen LogP) is 2.77. The Morgan fingerprint density at radius 1 is 1.24 bits per heavy atom. The lowest BCUT2D eigenvalue weighted by atomic mass is 9.60. The van der Waals surface area contributed by atoms with Gasteiger partial charge in [0.2, 0.25) is 0 Å². The largest absolute Gasteiger partial charge is 0.382 e. The lowest BCUT2D eigenvalue weighted by Gasteiger charge is -2.50. The molecule has 17 heavy (non-hydrogen) atoms. The van der Waals surface area contributed by atoms with Crippen molar-refractivity contribution >= 4 is 5.69 Å². The molecule has 1 saturated carbocycles. The minimum Gasteiger partial charge on any atom is -0.382 e. The van der Waals surface area contributed by atoms with Crippen molar-refractivity contribution in [2.45, 2.75) is 31.7 Å². The molecule has 0 amide bonds. The van der Waals surface area contributed by atoms with Gasteiger partial charge in [-0.15, -0.1) is 0 Å². The summed E-state index contributed by atoms with van der Waals surface area (Å²) in [4.78, 5) is 0. The molecule has 2 N–H and O–H groups in total. The molecule has 0 unspecified atom stereocenters. The third kappa shape index (κ3) is 2.29. The Bertz CT molecular complexity index is 391. The van der Waals surface area contributed by atoms with Gasteiger partial charge in [0.1, 0.15) is 5.82 Å². The van der Waals surface area contributed by atoms with Crippen molar-refractivity contribution in [1.82, 2.24) is 5.32 Å². The second-order valence-corrected chi connectivity index (χ2v) is 5.51. The fourth-order valence-electron chi connectivity index (χ4n) is 3.27. The number of hydrogen-bond donors (Lipinski definition) is 2. The summed E-state index contributed by atoms with van der Waals surface area (Å²) in [5.74, 6) is -0.161. The Hall–Kier alpha value is -1.09. The highest BCUT2D eigenvalue weighted by atomic mass is 19.1. The molecule has 2 nitrogen and oxygen atoms in total. The minimum absolute atomic E-state index is 0.161. The van der Waals surface area contributed by atoms with Crippen molar-refractivity contribution in [1.29, 1.82) is 0 Å². The Morgan fingerprint density at radius 3 is 2.71 bits per heavy atom. The van der Waals surface area contributed by atoms with Gasteiger partial charge in [-0.3, -0.25) is 0 Å². The van der Waals surface area contributed by atoms with Crippen molar-refractivity contribution < 1.29 is 4.39 Å². The third-order valence-electron chi connectivity index (χ3n) is 4.22. The monoisotopic (exact) mass is 234 g/mol. The number of piperidine rings is 1. The molecule has 1 aliphatic carbocycles. The zero-order valence-electron chi connectivity index (χ0n) is 10.0. The fourth-order valence-corrected chi connectivity index (χ4v) is 3.27. The molecule has 92 valence electrons. The summed E-state index contributed by atoms with van der Waals surface area (Å²) < 4.78 is 13.0. The maximum Gasteiger partial charge on any atom is 0.125 e. The van der Waals surface area contributed by atoms with Crippen molar-refractivity contribution in [3.05, 3.63) is 30.1 Å². The van der Waals surface area contributed by atoms with Gasteiger partial charge in [0, 0.05) is 11.7 Å². The van der Waals surface area contributed by atoms with Crippen LogP contribution in [0, 0.1) is 11.2 Å². The van der Waals surface area contributed by atoms with E-state index in [2.05, 4.69) is 10.6 Å². The molecule has 2 aliphatic rings. The zero-order chi connectivity index (χ0) is 11.7. The normalized spacial score (nSPS) is 23.4. The molecule has 1 aromatic carbocycles. The Balaban J connectivity index is 1.55. The summed E-state index contributed by atoms with van der Waals surface area (Å²) >= 11 is 0. The molecule has 1 aromatic rings. The van der Waals surface area contributed by atoms with Crippen molar-refractivity contribution in [2.75, 3.05) is 18.4 Å². The van der Waals surface area contributed by atoms with Crippen LogP contribution in [0.4, 0.5) is 10.1 Å². The van der Waals surface area contributed by atoms with Crippen LogP contribution >= 0.6 is 0 Å². The van der Waals surface area contributed by atoms with E-state index in [4.69, 9.17) is 0 Å². The van der Waals surface area contributed by atoms with Crippen molar-refractivity contribution in [2.24, 2.45) is 5.41 Å². The molecule has 3 heteroatoms. The van der Waals surface area contributed by atoms with Gasteiger partial charge in [-0.05, 0) is 62.4 Å². The average molecular weight is 234 g/mol. The van der Waals surface area contributed by atoms with Gasteiger partial charge in [-0.2, -0.15) is 0 Å². The standard InChI is InChI=1S/C14H19FN2/c15-11-2-1-3-12(8-11)17-13-9-14(10-13)4-6-16-7-5-14/h1-3,8,13,16-17H,4-7,9-10H2. The maximum absolute atomic E-state index is 13.0. The van der Waals surface area contributed by atoms with E-state index < -0.39 is 0 Å². The van der Waals surface area contributed by atoms with Gasteiger partial charge in [0.15, 0.2) is 0 Å². The molecular weight excluding hydrogens is 215 g/mol. The number of nitrogens with one attached hydrogen (secondary N) is 2. The van der Waals surface area contributed by atoms with Crippen LogP contribution in [0.3, 0.4) is 0 Å². The number of anilines is 1. The molecule has 3 rings (SSSR count). The lowest BCUT2D eigenvalue weighted by molar-refractivity contribution is 0.0718. The summed E-state index contributed by atoms with van der Waals surface area (Å²) in [6.07, 6.45) is 5.08. The molecule has 1 spiro atoms. The lowest BCUT2D eigenvalue weighted by Crippen LogP contribution is -2.50. The summed E-state index contributed by atoms with van der Waals surface area (Å²) in [6, 6.07) is 7.30. The summed E-state index contributed by atoms with van der Waals surface area (Å²) in [7, 11) is 0. The molecule has 1 aliphatic heterocycles. The van der Waals surface area contributed by atoms with Crippen molar-refractivity contribution in [3.63, 3.8) is 0 Å². The van der Waals surface area contributed by atoms with E-state index in [1.54, 1.807) is 12.1 Å². The van der Waals surface area contributed by atoms with E-state index >= 15 is 0 Å². The highest BCUT2D eigenvalue weighted by molar-refractivity contribution is 5.44. The van der Waals surface area contributed by atoms with Gasteiger partial charge in [-0.1, -0.05) is 6.07 Å².